The minimum Gasteiger partial charge on any atom is -0.354 e. The first-order valence-electron chi connectivity index (χ1n) is 11.8. The summed E-state index contributed by atoms with van der Waals surface area (Å²) < 4.78 is 26.3. The molecule has 0 fully saturated rings. The van der Waals surface area contributed by atoms with Crippen LogP contribution in [0.2, 0.25) is 5.02 Å². The molecule has 0 saturated heterocycles. The SMILES string of the molecule is CCCNC(=O)[C@H](C)N(Cc1cccc(C)c1)C(=O)CCCN(c1cc(Cl)ccc1C)S(C)(=O)=O. The molecule has 2 rings (SSSR count). The van der Waals surface area contributed by atoms with Crippen molar-refractivity contribution in [2.75, 3.05) is 23.7 Å². The summed E-state index contributed by atoms with van der Waals surface area (Å²) in [6.07, 6.45) is 2.34. The summed E-state index contributed by atoms with van der Waals surface area (Å²) in [4.78, 5) is 27.5. The molecule has 0 aromatic heterocycles. The minimum atomic E-state index is -3.58. The molecule has 0 heterocycles. The van der Waals surface area contributed by atoms with Crippen LogP contribution in [0, 0.1) is 13.8 Å². The Balaban J connectivity index is 2.19. The van der Waals surface area contributed by atoms with Gasteiger partial charge in [-0.05, 0) is 56.9 Å². The molecule has 2 aromatic carbocycles. The summed E-state index contributed by atoms with van der Waals surface area (Å²) in [5.74, 6) is -0.415. The highest BCUT2D eigenvalue weighted by Crippen LogP contribution is 2.27. The first kappa shape index (κ1) is 28.7. The summed E-state index contributed by atoms with van der Waals surface area (Å²) in [6, 6.07) is 12.2. The van der Waals surface area contributed by atoms with E-state index < -0.39 is 16.1 Å². The van der Waals surface area contributed by atoms with Gasteiger partial charge in [0, 0.05) is 31.1 Å². The van der Waals surface area contributed by atoms with Crippen molar-refractivity contribution in [1.82, 2.24) is 10.2 Å². The van der Waals surface area contributed by atoms with Crippen molar-refractivity contribution in [2.45, 2.75) is 59.5 Å². The van der Waals surface area contributed by atoms with Crippen molar-refractivity contribution in [1.29, 1.82) is 0 Å². The summed E-state index contributed by atoms with van der Waals surface area (Å²) in [5.41, 5.74) is 3.27. The molecular formula is C26H36ClN3O4S. The average molecular weight is 522 g/mol. The average Bonchev–Trinajstić information content (AvgIpc) is 2.79. The van der Waals surface area contributed by atoms with Crippen LogP contribution in [-0.4, -0.2) is 50.5 Å². The van der Waals surface area contributed by atoms with Crippen molar-refractivity contribution >= 4 is 39.1 Å². The molecule has 9 heteroatoms. The maximum Gasteiger partial charge on any atom is 0.242 e. The van der Waals surface area contributed by atoms with E-state index >= 15 is 0 Å². The van der Waals surface area contributed by atoms with Gasteiger partial charge < -0.3 is 10.2 Å². The van der Waals surface area contributed by atoms with Gasteiger partial charge in [0.15, 0.2) is 0 Å². The summed E-state index contributed by atoms with van der Waals surface area (Å²) in [5, 5.41) is 3.30. The third-order valence-corrected chi connectivity index (χ3v) is 7.16. The van der Waals surface area contributed by atoms with Crippen molar-refractivity contribution in [3.8, 4) is 0 Å². The lowest BCUT2D eigenvalue weighted by atomic mass is 10.1. The van der Waals surface area contributed by atoms with Crippen LogP contribution in [0.3, 0.4) is 0 Å². The Labute approximate surface area is 214 Å². The maximum atomic E-state index is 13.3. The third kappa shape index (κ3) is 8.54. The zero-order valence-corrected chi connectivity index (χ0v) is 22.7. The molecule has 2 amide bonds. The van der Waals surface area contributed by atoms with Gasteiger partial charge in [-0.2, -0.15) is 0 Å². The highest BCUT2D eigenvalue weighted by molar-refractivity contribution is 7.92. The molecule has 0 spiro atoms. The normalized spacial score (nSPS) is 12.2. The van der Waals surface area contributed by atoms with Gasteiger partial charge in [-0.3, -0.25) is 13.9 Å². The Morgan fingerprint density at radius 1 is 1.11 bits per heavy atom. The van der Waals surface area contributed by atoms with E-state index in [2.05, 4.69) is 5.32 Å². The largest absolute Gasteiger partial charge is 0.354 e. The smallest absolute Gasteiger partial charge is 0.242 e. The molecule has 0 bridgehead atoms. The number of carbonyl (C=O) groups excluding carboxylic acids is 2. The van der Waals surface area contributed by atoms with Crippen molar-refractivity contribution in [3.63, 3.8) is 0 Å². The molecule has 1 atom stereocenters. The number of nitrogens with zero attached hydrogens (tertiary/aromatic N) is 2. The minimum absolute atomic E-state index is 0.100. The van der Waals surface area contributed by atoms with E-state index in [0.29, 0.717) is 30.2 Å². The fourth-order valence-corrected chi connectivity index (χ4v) is 5.00. The van der Waals surface area contributed by atoms with Gasteiger partial charge >= 0.3 is 0 Å². The Hall–Kier alpha value is -2.58. The van der Waals surface area contributed by atoms with Gasteiger partial charge in [-0.15, -0.1) is 0 Å². The Morgan fingerprint density at radius 2 is 1.83 bits per heavy atom. The molecule has 0 saturated carbocycles. The molecule has 35 heavy (non-hydrogen) atoms. The van der Waals surface area contributed by atoms with Crippen molar-refractivity contribution in [3.05, 3.63) is 64.2 Å². The lowest BCUT2D eigenvalue weighted by Gasteiger charge is -2.29. The van der Waals surface area contributed by atoms with Crippen LogP contribution in [0.1, 0.15) is 49.8 Å². The van der Waals surface area contributed by atoms with Gasteiger partial charge in [-0.1, -0.05) is 54.4 Å². The molecule has 2 aromatic rings. The first-order chi connectivity index (χ1) is 16.4. The second-order valence-electron chi connectivity index (χ2n) is 8.85. The highest BCUT2D eigenvalue weighted by Gasteiger charge is 2.26. The van der Waals surface area contributed by atoms with Gasteiger partial charge in [0.2, 0.25) is 21.8 Å². The monoisotopic (exact) mass is 521 g/mol. The third-order valence-electron chi connectivity index (χ3n) is 5.74. The number of carbonyl (C=O) groups is 2. The predicted octanol–water partition coefficient (Wildman–Crippen LogP) is 4.45. The number of halogens is 1. The number of hydrogen-bond acceptors (Lipinski definition) is 4. The maximum absolute atomic E-state index is 13.3. The van der Waals surface area contributed by atoms with Gasteiger partial charge in [0.1, 0.15) is 6.04 Å². The second kappa shape index (κ2) is 12.9. The van der Waals surface area contributed by atoms with Crippen LogP contribution in [0.4, 0.5) is 5.69 Å². The molecular weight excluding hydrogens is 486 g/mol. The zero-order chi connectivity index (χ0) is 26.2. The molecule has 0 unspecified atom stereocenters. The number of amides is 2. The summed E-state index contributed by atoms with van der Waals surface area (Å²) >= 11 is 6.11. The van der Waals surface area contributed by atoms with Crippen molar-refractivity contribution in [2.24, 2.45) is 0 Å². The number of sulfonamides is 1. The van der Waals surface area contributed by atoms with Crippen LogP contribution in [0.5, 0.6) is 0 Å². The van der Waals surface area contributed by atoms with Gasteiger partial charge in [-0.25, -0.2) is 8.42 Å². The number of aryl methyl sites for hydroxylation is 2. The van der Waals surface area contributed by atoms with Crippen molar-refractivity contribution < 1.29 is 18.0 Å². The quantitative estimate of drug-likeness (QED) is 0.447. The molecule has 0 radical (unpaired) electrons. The number of nitrogens with one attached hydrogen (secondary N) is 1. The molecule has 1 N–H and O–H groups in total. The number of benzene rings is 2. The highest BCUT2D eigenvalue weighted by atomic mass is 35.5. The molecule has 7 nitrogen and oxygen atoms in total. The van der Waals surface area contributed by atoms with Crippen LogP contribution in [0.15, 0.2) is 42.5 Å². The van der Waals surface area contributed by atoms with E-state index in [9.17, 15) is 18.0 Å². The van der Waals surface area contributed by atoms with E-state index in [4.69, 9.17) is 11.6 Å². The van der Waals surface area contributed by atoms with Gasteiger partial charge in [0.05, 0.1) is 11.9 Å². The number of rotatable bonds is 12. The zero-order valence-electron chi connectivity index (χ0n) is 21.2. The van der Waals surface area contributed by atoms with E-state index in [1.165, 1.54) is 4.31 Å². The van der Waals surface area contributed by atoms with E-state index in [0.717, 1.165) is 29.4 Å². The van der Waals surface area contributed by atoms with E-state index in [1.807, 2.05) is 45.0 Å². The first-order valence-corrected chi connectivity index (χ1v) is 14.0. The second-order valence-corrected chi connectivity index (χ2v) is 11.2. The molecule has 0 aliphatic rings. The van der Waals surface area contributed by atoms with E-state index in [1.54, 1.807) is 30.0 Å². The van der Waals surface area contributed by atoms with Crippen LogP contribution in [-0.2, 0) is 26.2 Å². The lowest BCUT2D eigenvalue weighted by molar-refractivity contribution is -0.140. The predicted molar refractivity (Wildman–Crippen MR) is 142 cm³/mol. The Bertz CT molecular complexity index is 1140. The summed E-state index contributed by atoms with van der Waals surface area (Å²) in [7, 11) is -3.58. The topological polar surface area (TPSA) is 86.8 Å². The summed E-state index contributed by atoms with van der Waals surface area (Å²) in [6.45, 7) is 8.44. The lowest BCUT2D eigenvalue weighted by Crippen LogP contribution is -2.47. The standard InChI is InChI=1S/C26H36ClN3O4S/c1-6-14-28-26(32)21(4)29(18-22-10-7-9-19(2)16-22)25(31)11-8-15-30(35(5,33)34)24-17-23(27)13-12-20(24)3/h7,9-10,12-13,16-17,21H,6,8,11,14-15,18H2,1-5H3,(H,28,32)/t21-/m0/s1. The molecule has 0 aliphatic heterocycles. The molecule has 192 valence electrons. The van der Waals surface area contributed by atoms with Gasteiger partial charge in [0.25, 0.3) is 0 Å². The number of anilines is 1. The van der Waals surface area contributed by atoms with Crippen LogP contribution < -0.4 is 9.62 Å². The fraction of sp³-hybridized carbons (Fsp3) is 0.462. The Morgan fingerprint density at radius 3 is 2.46 bits per heavy atom. The fourth-order valence-electron chi connectivity index (χ4n) is 3.82. The van der Waals surface area contributed by atoms with Crippen LogP contribution in [0.25, 0.3) is 0 Å². The molecule has 0 aliphatic carbocycles. The Kier molecular flexibility index (Phi) is 10.6. The number of hydrogen-bond donors (Lipinski definition) is 1. The van der Waals surface area contributed by atoms with Crippen LogP contribution >= 0.6 is 11.6 Å². The van der Waals surface area contributed by atoms with E-state index in [-0.39, 0.29) is 24.8 Å².